The highest BCUT2D eigenvalue weighted by atomic mass is 32.2. The Kier molecular flexibility index (Phi) is 5.36. The van der Waals surface area contributed by atoms with Crippen molar-refractivity contribution in [1.82, 2.24) is 9.97 Å². The van der Waals surface area contributed by atoms with Crippen LogP contribution in [0.25, 0.3) is 22.5 Å². The van der Waals surface area contributed by atoms with Crippen molar-refractivity contribution in [3.05, 3.63) is 72.0 Å². The van der Waals surface area contributed by atoms with Gasteiger partial charge in [0.25, 0.3) is 0 Å². The van der Waals surface area contributed by atoms with E-state index in [9.17, 15) is 4.79 Å². The first-order chi connectivity index (χ1) is 14.0. The van der Waals surface area contributed by atoms with E-state index in [2.05, 4.69) is 15.3 Å². The molecule has 0 saturated heterocycles. The van der Waals surface area contributed by atoms with Crippen LogP contribution in [0.1, 0.15) is 18.1 Å². The number of furan rings is 1. The standard InChI is InChI=1S/C23H21N3O2S/c1-14-10-11-15(2)19(13-14)25-22(27)16(3)29-23-17-7-4-5-8-18(17)24-21(26-23)20-9-6-12-28-20/h4-13,16H,1-3H3,(H,25,27)/t16-/m1/s1. The molecule has 0 spiro atoms. The lowest BCUT2D eigenvalue weighted by atomic mass is 10.1. The highest BCUT2D eigenvalue weighted by molar-refractivity contribution is 8.00. The maximum atomic E-state index is 12.8. The summed E-state index contributed by atoms with van der Waals surface area (Å²) in [6.07, 6.45) is 1.60. The molecule has 1 N–H and O–H groups in total. The van der Waals surface area contributed by atoms with E-state index < -0.39 is 0 Å². The van der Waals surface area contributed by atoms with Crippen LogP contribution in [0.3, 0.4) is 0 Å². The quantitative estimate of drug-likeness (QED) is 0.346. The summed E-state index contributed by atoms with van der Waals surface area (Å²) in [5.41, 5.74) is 3.80. The average Bonchev–Trinajstić information content (AvgIpc) is 3.25. The Morgan fingerprint density at radius 2 is 1.90 bits per heavy atom. The Hall–Kier alpha value is -3.12. The van der Waals surface area contributed by atoms with Crippen molar-refractivity contribution in [2.75, 3.05) is 5.32 Å². The molecule has 1 amide bonds. The van der Waals surface area contributed by atoms with E-state index >= 15 is 0 Å². The number of nitrogens with zero attached hydrogens (tertiary/aromatic N) is 2. The number of para-hydroxylation sites is 1. The maximum Gasteiger partial charge on any atom is 0.237 e. The molecule has 2 aromatic heterocycles. The minimum atomic E-state index is -0.335. The molecule has 2 aromatic carbocycles. The molecule has 4 rings (SSSR count). The molecule has 0 radical (unpaired) electrons. The van der Waals surface area contributed by atoms with E-state index in [0.717, 1.165) is 32.7 Å². The molecule has 0 aliphatic carbocycles. The topological polar surface area (TPSA) is 68.0 Å². The first-order valence-electron chi connectivity index (χ1n) is 9.36. The molecule has 0 saturated carbocycles. The number of amides is 1. The number of hydrogen-bond acceptors (Lipinski definition) is 5. The molecule has 2 heterocycles. The van der Waals surface area contributed by atoms with Crippen LogP contribution in [0.5, 0.6) is 0 Å². The Morgan fingerprint density at radius 3 is 2.69 bits per heavy atom. The summed E-state index contributed by atoms with van der Waals surface area (Å²) >= 11 is 1.42. The Bertz CT molecular complexity index is 1170. The van der Waals surface area contributed by atoms with Crippen LogP contribution < -0.4 is 5.32 Å². The first-order valence-corrected chi connectivity index (χ1v) is 10.2. The van der Waals surface area contributed by atoms with Gasteiger partial charge in [-0.2, -0.15) is 0 Å². The van der Waals surface area contributed by atoms with Gasteiger partial charge in [0.05, 0.1) is 17.0 Å². The maximum absolute atomic E-state index is 12.8. The van der Waals surface area contributed by atoms with Gasteiger partial charge in [-0.3, -0.25) is 4.79 Å². The molecule has 0 aliphatic rings. The molecule has 29 heavy (non-hydrogen) atoms. The molecule has 1 atom stereocenters. The van der Waals surface area contributed by atoms with E-state index in [-0.39, 0.29) is 11.2 Å². The predicted octanol–water partition coefficient (Wildman–Crippen LogP) is 5.63. The number of benzene rings is 2. The fourth-order valence-corrected chi connectivity index (χ4v) is 3.92. The highest BCUT2D eigenvalue weighted by Crippen LogP contribution is 2.31. The zero-order valence-corrected chi connectivity index (χ0v) is 17.3. The number of aromatic nitrogens is 2. The van der Waals surface area contributed by atoms with E-state index in [1.54, 1.807) is 12.3 Å². The summed E-state index contributed by atoms with van der Waals surface area (Å²) in [7, 11) is 0. The van der Waals surface area contributed by atoms with Gasteiger partial charge in [0.2, 0.25) is 5.91 Å². The van der Waals surface area contributed by atoms with E-state index in [0.29, 0.717) is 11.6 Å². The Balaban J connectivity index is 1.62. The van der Waals surface area contributed by atoms with Gasteiger partial charge in [0.15, 0.2) is 11.6 Å². The number of thioether (sulfide) groups is 1. The number of carbonyl (C=O) groups is 1. The molecule has 0 unspecified atom stereocenters. The smallest absolute Gasteiger partial charge is 0.237 e. The van der Waals surface area contributed by atoms with Crippen LogP contribution in [0.15, 0.2) is 70.3 Å². The third-order valence-electron chi connectivity index (χ3n) is 4.62. The molecule has 0 fully saturated rings. The average molecular weight is 404 g/mol. The Labute approximate surface area is 173 Å². The largest absolute Gasteiger partial charge is 0.461 e. The number of nitrogens with one attached hydrogen (secondary N) is 1. The molecule has 0 bridgehead atoms. The number of rotatable bonds is 5. The lowest BCUT2D eigenvalue weighted by Crippen LogP contribution is -2.23. The highest BCUT2D eigenvalue weighted by Gasteiger charge is 2.19. The van der Waals surface area contributed by atoms with Crippen molar-refractivity contribution in [2.24, 2.45) is 0 Å². The second-order valence-electron chi connectivity index (χ2n) is 6.91. The van der Waals surface area contributed by atoms with Crippen molar-refractivity contribution >= 4 is 34.3 Å². The molecule has 146 valence electrons. The molecular weight excluding hydrogens is 382 g/mol. The van der Waals surface area contributed by atoms with Crippen LogP contribution >= 0.6 is 11.8 Å². The lowest BCUT2D eigenvalue weighted by Gasteiger charge is -2.15. The predicted molar refractivity (Wildman–Crippen MR) is 117 cm³/mol. The van der Waals surface area contributed by atoms with E-state index in [4.69, 9.17) is 4.42 Å². The molecule has 4 aromatic rings. The summed E-state index contributed by atoms with van der Waals surface area (Å²) in [4.78, 5) is 22.1. The van der Waals surface area contributed by atoms with Gasteiger partial charge in [-0.05, 0) is 56.2 Å². The van der Waals surface area contributed by atoms with Crippen LogP contribution in [0.4, 0.5) is 5.69 Å². The summed E-state index contributed by atoms with van der Waals surface area (Å²) < 4.78 is 5.47. The van der Waals surface area contributed by atoms with Gasteiger partial charge in [-0.25, -0.2) is 9.97 Å². The van der Waals surface area contributed by atoms with Crippen molar-refractivity contribution in [2.45, 2.75) is 31.0 Å². The summed E-state index contributed by atoms with van der Waals surface area (Å²) in [6, 6.07) is 17.5. The molecule has 5 nitrogen and oxygen atoms in total. The van der Waals surface area contributed by atoms with Crippen molar-refractivity contribution < 1.29 is 9.21 Å². The van der Waals surface area contributed by atoms with Crippen molar-refractivity contribution in [1.29, 1.82) is 0 Å². The second-order valence-corrected chi connectivity index (χ2v) is 8.24. The van der Waals surface area contributed by atoms with E-state index in [1.165, 1.54) is 11.8 Å². The first kappa shape index (κ1) is 19.2. The zero-order valence-electron chi connectivity index (χ0n) is 16.5. The van der Waals surface area contributed by atoms with Gasteiger partial charge >= 0.3 is 0 Å². The van der Waals surface area contributed by atoms with Gasteiger partial charge in [0.1, 0.15) is 5.03 Å². The number of anilines is 1. The number of fused-ring (bicyclic) bond motifs is 1. The normalized spacial score (nSPS) is 12.1. The van der Waals surface area contributed by atoms with Gasteiger partial charge in [-0.1, -0.05) is 42.1 Å². The second kappa shape index (κ2) is 8.09. The number of aryl methyl sites for hydroxylation is 2. The molecular formula is C23H21N3O2S. The Morgan fingerprint density at radius 1 is 1.07 bits per heavy atom. The van der Waals surface area contributed by atoms with Crippen LogP contribution in [0.2, 0.25) is 0 Å². The third-order valence-corrected chi connectivity index (χ3v) is 5.72. The number of carbonyl (C=O) groups excluding carboxylic acids is 1. The van der Waals surface area contributed by atoms with Crippen molar-refractivity contribution in [3.8, 4) is 11.6 Å². The van der Waals surface area contributed by atoms with Crippen LogP contribution in [-0.2, 0) is 4.79 Å². The fourth-order valence-electron chi connectivity index (χ4n) is 2.98. The fraction of sp³-hybridized carbons (Fsp3) is 0.174. The van der Waals surface area contributed by atoms with Gasteiger partial charge in [-0.15, -0.1) is 0 Å². The molecule has 0 aliphatic heterocycles. The van der Waals surface area contributed by atoms with Gasteiger partial charge < -0.3 is 9.73 Å². The molecule has 6 heteroatoms. The van der Waals surface area contributed by atoms with Crippen LogP contribution in [-0.4, -0.2) is 21.1 Å². The minimum absolute atomic E-state index is 0.0639. The SMILES string of the molecule is Cc1ccc(C)c(NC(=O)[C@@H](C)Sc2nc(-c3ccco3)nc3ccccc23)c1. The van der Waals surface area contributed by atoms with Gasteiger partial charge in [0, 0.05) is 11.1 Å². The summed E-state index contributed by atoms with van der Waals surface area (Å²) in [5.74, 6) is 1.05. The van der Waals surface area contributed by atoms with Crippen molar-refractivity contribution in [3.63, 3.8) is 0 Å². The van der Waals surface area contributed by atoms with E-state index in [1.807, 2.05) is 69.3 Å². The zero-order chi connectivity index (χ0) is 20.4. The third kappa shape index (κ3) is 4.17. The van der Waals surface area contributed by atoms with Crippen LogP contribution in [0, 0.1) is 13.8 Å². The summed E-state index contributed by atoms with van der Waals surface area (Å²) in [6.45, 7) is 5.88. The summed E-state index contributed by atoms with van der Waals surface area (Å²) in [5, 5.41) is 4.38. The monoisotopic (exact) mass is 403 g/mol. The minimum Gasteiger partial charge on any atom is -0.461 e. The lowest BCUT2D eigenvalue weighted by molar-refractivity contribution is -0.115. The number of hydrogen-bond donors (Lipinski definition) is 1.